The van der Waals surface area contributed by atoms with Gasteiger partial charge < -0.3 is 9.64 Å². The van der Waals surface area contributed by atoms with Gasteiger partial charge >= 0.3 is 0 Å². The Morgan fingerprint density at radius 3 is 2.56 bits per heavy atom. The second kappa shape index (κ2) is 8.57. The molecule has 1 saturated heterocycles. The Morgan fingerprint density at radius 2 is 1.74 bits per heavy atom. The van der Waals surface area contributed by atoms with Crippen LogP contribution in [-0.2, 0) is 13.0 Å². The van der Waals surface area contributed by atoms with Crippen molar-refractivity contribution in [2.45, 2.75) is 32.2 Å². The Bertz CT molecular complexity index is 769. The summed E-state index contributed by atoms with van der Waals surface area (Å²) >= 11 is 0. The van der Waals surface area contributed by atoms with Crippen LogP contribution in [0.2, 0.25) is 0 Å². The van der Waals surface area contributed by atoms with Crippen LogP contribution in [0.1, 0.15) is 40.7 Å². The number of rotatable bonds is 6. The van der Waals surface area contributed by atoms with Gasteiger partial charge in [0, 0.05) is 25.2 Å². The number of hydrogen-bond acceptors (Lipinski definition) is 3. The lowest BCUT2D eigenvalue weighted by atomic mass is 9.98. The van der Waals surface area contributed by atoms with E-state index in [-0.39, 0.29) is 5.91 Å². The fourth-order valence-electron chi connectivity index (χ4n) is 4.02. The zero-order chi connectivity index (χ0) is 18.5. The van der Waals surface area contributed by atoms with Crippen molar-refractivity contribution in [3.05, 3.63) is 65.2 Å². The van der Waals surface area contributed by atoms with Crippen molar-refractivity contribution in [1.29, 1.82) is 0 Å². The molecule has 2 aliphatic rings. The lowest BCUT2D eigenvalue weighted by molar-refractivity contribution is 0.0726. The maximum atomic E-state index is 13.0. The average molecular weight is 364 g/mol. The van der Waals surface area contributed by atoms with Crippen LogP contribution in [0.25, 0.3) is 0 Å². The molecule has 0 saturated carbocycles. The zero-order valence-corrected chi connectivity index (χ0v) is 15.9. The summed E-state index contributed by atoms with van der Waals surface area (Å²) < 4.78 is 5.96. The van der Waals surface area contributed by atoms with Crippen molar-refractivity contribution in [2.24, 2.45) is 0 Å². The third kappa shape index (κ3) is 4.51. The molecule has 0 unspecified atom stereocenters. The van der Waals surface area contributed by atoms with Gasteiger partial charge in [-0.3, -0.25) is 9.69 Å². The number of piperidine rings is 1. The number of hydrogen-bond donors (Lipinski definition) is 0. The molecule has 142 valence electrons. The zero-order valence-electron chi connectivity index (χ0n) is 15.9. The van der Waals surface area contributed by atoms with Crippen molar-refractivity contribution in [3.8, 4) is 5.75 Å². The largest absolute Gasteiger partial charge is 0.492 e. The smallest absolute Gasteiger partial charge is 0.254 e. The van der Waals surface area contributed by atoms with Crippen LogP contribution in [-0.4, -0.2) is 48.5 Å². The van der Waals surface area contributed by atoms with E-state index in [2.05, 4.69) is 23.1 Å². The third-order valence-corrected chi connectivity index (χ3v) is 5.59. The van der Waals surface area contributed by atoms with E-state index in [1.807, 2.05) is 35.2 Å². The monoisotopic (exact) mass is 364 g/mol. The van der Waals surface area contributed by atoms with Crippen molar-refractivity contribution in [2.75, 3.05) is 32.8 Å². The molecule has 4 rings (SSSR count). The molecular formula is C23H28N2O2. The summed E-state index contributed by atoms with van der Waals surface area (Å²) in [7, 11) is 0. The Labute approximate surface area is 161 Å². The van der Waals surface area contributed by atoms with E-state index in [9.17, 15) is 4.79 Å². The molecule has 0 aromatic heterocycles. The van der Waals surface area contributed by atoms with E-state index in [1.165, 1.54) is 37.9 Å². The average Bonchev–Trinajstić information content (AvgIpc) is 2.72. The van der Waals surface area contributed by atoms with Crippen molar-refractivity contribution >= 4 is 5.91 Å². The predicted molar refractivity (Wildman–Crippen MR) is 107 cm³/mol. The lowest BCUT2D eigenvalue weighted by Crippen LogP contribution is -2.37. The normalized spacial score (nSPS) is 17.6. The third-order valence-electron chi connectivity index (χ3n) is 5.59. The van der Waals surface area contributed by atoms with E-state index in [0.29, 0.717) is 13.2 Å². The van der Waals surface area contributed by atoms with Gasteiger partial charge in [-0.05, 0) is 55.6 Å². The van der Waals surface area contributed by atoms with Gasteiger partial charge in [0.15, 0.2) is 0 Å². The molecule has 1 fully saturated rings. The van der Waals surface area contributed by atoms with Crippen LogP contribution in [0.15, 0.2) is 48.5 Å². The number of likely N-dealkylation sites (tertiary alicyclic amines) is 1. The highest BCUT2D eigenvalue weighted by atomic mass is 16.5. The van der Waals surface area contributed by atoms with Crippen LogP contribution in [0.4, 0.5) is 0 Å². The number of carbonyl (C=O) groups is 1. The first-order valence-corrected chi connectivity index (χ1v) is 10.1. The van der Waals surface area contributed by atoms with Crippen molar-refractivity contribution < 1.29 is 9.53 Å². The summed E-state index contributed by atoms with van der Waals surface area (Å²) in [6.07, 6.45) is 4.85. The number of amides is 1. The van der Waals surface area contributed by atoms with E-state index in [4.69, 9.17) is 4.74 Å². The molecule has 4 nitrogen and oxygen atoms in total. The van der Waals surface area contributed by atoms with Crippen LogP contribution in [0, 0.1) is 0 Å². The van der Waals surface area contributed by atoms with Crippen LogP contribution < -0.4 is 4.74 Å². The molecule has 2 aliphatic heterocycles. The molecule has 0 spiro atoms. The molecule has 0 N–H and O–H groups in total. The summed E-state index contributed by atoms with van der Waals surface area (Å²) in [5, 5.41) is 0. The molecule has 27 heavy (non-hydrogen) atoms. The van der Waals surface area contributed by atoms with Gasteiger partial charge in [-0.1, -0.05) is 42.8 Å². The molecule has 0 aliphatic carbocycles. The molecule has 0 radical (unpaired) electrons. The minimum atomic E-state index is 0.113. The topological polar surface area (TPSA) is 32.8 Å². The Morgan fingerprint density at radius 1 is 0.926 bits per heavy atom. The lowest BCUT2D eigenvalue weighted by Gasteiger charge is -2.29. The summed E-state index contributed by atoms with van der Waals surface area (Å²) in [5.74, 6) is 0.919. The fourth-order valence-corrected chi connectivity index (χ4v) is 4.02. The first-order chi connectivity index (χ1) is 13.3. The standard InChI is InChI=1S/C23H28N2O2/c26-23-22-17-21(27-16-15-24-12-5-2-6-13-24)10-9-20(22)11-14-25(23)18-19-7-3-1-4-8-19/h1,3-4,7-10,17H,2,5-6,11-16,18H2. The Kier molecular flexibility index (Phi) is 5.73. The predicted octanol–water partition coefficient (Wildman–Crippen LogP) is 3.75. The highest BCUT2D eigenvalue weighted by Gasteiger charge is 2.24. The maximum absolute atomic E-state index is 13.0. The van der Waals surface area contributed by atoms with Gasteiger partial charge in [0.05, 0.1) is 0 Å². The summed E-state index contributed by atoms with van der Waals surface area (Å²) in [6.45, 7) is 5.45. The van der Waals surface area contributed by atoms with E-state index in [1.54, 1.807) is 0 Å². The molecule has 1 amide bonds. The molecular weight excluding hydrogens is 336 g/mol. The summed E-state index contributed by atoms with van der Waals surface area (Å²) in [6, 6.07) is 16.2. The van der Waals surface area contributed by atoms with E-state index >= 15 is 0 Å². The van der Waals surface area contributed by atoms with Crippen LogP contribution in [0.5, 0.6) is 5.75 Å². The second-order valence-electron chi connectivity index (χ2n) is 7.53. The molecule has 2 aromatic rings. The molecule has 2 aromatic carbocycles. The summed E-state index contributed by atoms with van der Waals surface area (Å²) in [4.78, 5) is 17.4. The van der Waals surface area contributed by atoms with Crippen LogP contribution in [0.3, 0.4) is 0 Å². The highest BCUT2D eigenvalue weighted by molar-refractivity contribution is 5.97. The van der Waals surface area contributed by atoms with Crippen molar-refractivity contribution in [1.82, 2.24) is 9.80 Å². The second-order valence-corrected chi connectivity index (χ2v) is 7.53. The van der Waals surface area contributed by atoms with E-state index in [0.717, 1.165) is 36.4 Å². The first-order valence-electron chi connectivity index (χ1n) is 10.1. The van der Waals surface area contributed by atoms with Gasteiger partial charge in [0.1, 0.15) is 12.4 Å². The first kappa shape index (κ1) is 18.1. The van der Waals surface area contributed by atoms with Gasteiger partial charge in [-0.15, -0.1) is 0 Å². The number of benzene rings is 2. The number of nitrogens with zero attached hydrogens (tertiary/aromatic N) is 2. The molecule has 2 heterocycles. The quantitative estimate of drug-likeness (QED) is 0.783. The minimum Gasteiger partial charge on any atom is -0.492 e. The molecule has 4 heteroatoms. The Balaban J connectivity index is 1.38. The molecule has 0 atom stereocenters. The fraction of sp³-hybridized carbons (Fsp3) is 0.435. The Hall–Kier alpha value is -2.33. The maximum Gasteiger partial charge on any atom is 0.254 e. The van der Waals surface area contributed by atoms with Gasteiger partial charge in [0.25, 0.3) is 5.91 Å². The van der Waals surface area contributed by atoms with Gasteiger partial charge in [-0.2, -0.15) is 0 Å². The van der Waals surface area contributed by atoms with Gasteiger partial charge in [-0.25, -0.2) is 0 Å². The number of carbonyl (C=O) groups excluding carboxylic acids is 1. The summed E-state index contributed by atoms with van der Waals surface area (Å²) in [5.41, 5.74) is 3.10. The highest BCUT2D eigenvalue weighted by Crippen LogP contribution is 2.25. The van der Waals surface area contributed by atoms with E-state index < -0.39 is 0 Å². The van der Waals surface area contributed by atoms with Crippen LogP contribution >= 0.6 is 0 Å². The minimum absolute atomic E-state index is 0.113. The molecule has 0 bridgehead atoms. The van der Waals surface area contributed by atoms with Crippen molar-refractivity contribution in [3.63, 3.8) is 0 Å². The van der Waals surface area contributed by atoms with Gasteiger partial charge in [0.2, 0.25) is 0 Å². The SMILES string of the molecule is O=C1c2cc(OCCN3CCCCC3)ccc2CCN1Cc1ccccc1. The number of fused-ring (bicyclic) bond motifs is 1. The number of ether oxygens (including phenoxy) is 1.